The predicted octanol–water partition coefficient (Wildman–Crippen LogP) is 0.145. The molecule has 0 aliphatic rings. The van der Waals surface area contributed by atoms with Crippen molar-refractivity contribution in [2.45, 2.75) is 20.8 Å². The van der Waals surface area contributed by atoms with E-state index >= 15 is 0 Å². The van der Waals surface area contributed by atoms with Gasteiger partial charge in [-0.3, -0.25) is 0 Å². The van der Waals surface area contributed by atoms with Gasteiger partial charge in [0, 0.05) is 68.1 Å². The summed E-state index contributed by atoms with van der Waals surface area (Å²) in [4.78, 5) is 81.2. The number of carbonyl (C=O) groups is 8. The van der Waals surface area contributed by atoms with Crippen LogP contribution in [-0.2, 0) is 81.5 Å². The first-order valence-electron chi connectivity index (χ1n) is 10.8. The zero-order chi connectivity index (χ0) is 31.9. The molecule has 0 aromatic carbocycles. The van der Waals surface area contributed by atoms with Crippen LogP contribution in [0.4, 0.5) is 0 Å². The van der Waals surface area contributed by atoms with Gasteiger partial charge in [0.2, 0.25) is 0 Å². The summed E-state index contributed by atoms with van der Waals surface area (Å²) in [6.07, 6.45) is 6.79. The molecule has 0 aromatic rings. The number of hydrogen-bond donors (Lipinski definition) is 3. The zero-order valence-corrected chi connectivity index (χ0v) is 31.1. The molecule has 0 bridgehead atoms. The van der Waals surface area contributed by atoms with Crippen molar-refractivity contribution in [1.29, 1.82) is 0 Å². The van der Waals surface area contributed by atoms with Crippen LogP contribution in [0.15, 0.2) is 48.6 Å². The van der Waals surface area contributed by atoms with E-state index in [0.717, 1.165) is 48.6 Å². The Morgan fingerprint density at radius 3 is 0.814 bits per heavy atom. The van der Waals surface area contributed by atoms with E-state index in [1.807, 2.05) is 0 Å². The fourth-order valence-electron chi connectivity index (χ4n) is 1.26. The van der Waals surface area contributed by atoms with Gasteiger partial charge in [0.1, 0.15) is 0 Å². The average molecular weight is 710 g/mol. The maximum atomic E-state index is 10.4. The Balaban J connectivity index is -0.0000000389. The summed E-state index contributed by atoms with van der Waals surface area (Å²) in [5.74, 6) is -6.54. The number of hydrogen-bond acceptors (Lipinski definition) is 13. The smallest absolute Gasteiger partial charge is 1.00 e. The SMILES string of the molecule is CCOC(=O)C=CC(=O)O.CCOC(=O)C=CC(=O)O.CCOC(=O)C=CC(=O)O.COC(=O)C=CC(=O)OC.[Ca+2].[H-].[H-].[H-].[H-].[Mg+2].[Zn]. The Hall–Kier alpha value is -2.63. The average Bonchev–Trinajstić information content (AvgIpc) is 2.89. The molecular weight excluding hydrogens is 674 g/mol. The third-order valence-electron chi connectivity index (χ3n) is 2.70. The summed E-state index contributed by atoms with van der Waals surface area (Å²) in [5, 5.41) is 24.1. The molecule has 0 radical (unpaired) electrons. The van der Waals surface area contributed by atoms with Gasteiger partial charge in [-0.25, -0.2) is 38.4 Å². The summed E-state index contributed by atoms with van der Waals surface area (Å²) in [7, 11) is 2.45. The number of rotatable bonds is 11. The van der Waals surface area contributed by atoms with Crippen molar-refractivity contribution < 1.29 is 103 Å². The van der Waals surface area contributed by atoms with E-state index in [9.17, 15) is 38.4 Å². The van der Waals surface area contributed by atoms with Crippen molar-refractivity contribution in [1.82, 2.24) is 0 Å². The second-order valence-corrected chi connectivity index (χ2v) is 5.65. The summed E-state index contributed by atoms with van der Waals surface area (Å²) in [6, 6.07) is 0. The molecule has 0 fully saturated rings. The summed E-state index contributed by atoms with van der Waals surface area (Å²) in [5.41, 5.74) is 0. The molecular formula is C24H36CaMgO16Zn. The Kier molecular flexibility index (Phi) is 54.2. The molecule has 0 saturated heterocycles. The number of ether oxygens (including phenoxy) is 5. The molecule has 0 amide bonds. The number of carboxylic acids is 3. The van der Waals surface area contributed by atoms with Gasteiger partial charge in [-0.1, -0.05) is 0 Å². The van der Waals surface area contributed by atoms with E-state index in [2.05, 4.69) is 23.7 Å². The van der Waals surface area contributed by atoms with Crippen LogP contribution in [0.2, 0.25) is 0 Å². The van der Waals surface area contributed by atoms with E-state index in [0.29, 0.717) is 0 Å². The number of esters is 5. The predicted molar refractivity (Wildman–Crippen MR) is 149 cm³/mol. The van der Waals surface area contributed by atoms with Gasteiger partial charge in [0.05, 0.1) is 34.0 Å². The molecule has 19 heteroatoms. The molecule has 0 rings (SSSR count). The topological polar surface area (TPSA) is 243 Å². The molecule has 3 N–H and O–H groups in total. The third kappa shape index (κ3) is 59.6. The van der Waals surface area contributed by atoms with Crippen LogP contribution >= 0.6 is 0 Å². The Bertz CT molecular complexity index is 872. The van der Waals surface area contributed by atoms with Crippen molar-refractivity contribution in [3.8, 4) is 0 Å². The molecule has 0 aromatic heterocycles. The van der Waals surface area contributed by atoms with Gasteiger partial charge in [-0.05, 0) is 20.8 Å². The quantitative estimate of drug-likeness (QED) is 0.112. The molecule has 0 heterocycles. The van der Waals surface area contributed by atoms with E-state index in [4.69, 9.17) is 15.3 Å². The van der Waals surface area contributed by atoms with E-state index in [1.165, 1.54) is 14.2 Å². The standard InChI is InChI=1S/4C6H8O4.Ca.Mg.Zn.4H/c1-9-5(7)3-4-6(8)10-2;3*1-2-10-6(9)4-3-5(7)8;;;;;;;/h3-4H,1-2H3;3*3-4H,2H2,1H3,(H,7,8);;;;;;;/q;;;;2*+2;;4*-1. The number of carboxylic acid groups (broad SMARTS) is 3. The molecule has 16 nitrogen and oxygen atoms in total. The zero-order valence-electron chi connectivity index (χ0n) is 28.5. The van der Waals surface area contributed by atoms with Gasteiger partial charge in [-0.2, -0.15) is 0 Å². The van der Waals surface area contributed by atoms with Gasteiger partial charge >= 0.3 is 109 Å². The molecule has 43 heavy (non-hydrogen) atoms. The van der Waals surface area contributed by atoms with E-state index in [-0.39, 0.29) is 106 Å². The van der Waals surface area contributed by atoms with Crippen LogP contribution in [0.3, 0.4) is 0 Å². The molecule has 0 atom stereocenters. The maximum absolute atomic E-state index is 10.4. The van der Waals surface area contributed by atoms with Crippen molar-refractivity contribution in [2.24, 2.45) is 0 Å². The number of carbonyl (C=O) groups excluding carboxylic acids is 5. The summed E-state index contributed by atoms with van der Waals surface area (Å²) in [6.45, 7) is 5.69. The molecule has 0 saturated carbocycles. The Morgan fingerprint density at radius 2 is 0.674 bits per heavy atom. The van der Waals surface area contributed by atoms with Gasteiger partial charge in [-0.15, -0.1) is 0 Å². The minimum Gasteiger partial charge on any atom is -1.00 e. The monoisotopic (exact) mass is 708 g/mol. The van der Waals surface area contributed by atoms with Crippen LogP contribution < -0.4 is 0 Å². The van der Waals surface area contributed by atoms with Crippen molar-refractivity contribution in [2.75, 3.05) is 34.0 Å². The molecule has 0 aliphatic carbocycles. The summed E-state index contributed by atoms with van der Waals surface area (Å²) < 4.78 is 21.6. The van der Waals surface area contributed by atoms with Crippen LogP contribution in [0.25, 0.3) is 0 Å². The van der Waals surface area contributed by atoms with E-state index in [1.54, 1.807) is 20.8 Å². The van der Waals surface area contributed by atoms with Gasteiger partial charge in [0.15, 0.2) is 0 Å². The van der Waals surface area contributed by atoms with Crippen molar-refractivity contribution in [3.63, 3.8) is 0 Å². The van der Waals surface area contributed by atoms with Crippen molar-refractivity contribution in [3.05, 3.63) is 48.6 Å². The van der Waals surface area contributed by atoms with Crippen LogP contribution in [0.5, 0.6) is 0 Å². The molecule has 0 spiro atoms. The number of methoxy groups -OCH3 is 2. The normalized spacial score (nSPS) is 8.95. The maximum Gasteiger partial charge on any atom is 2.00 e. The second kappa shape index (κ2) is 41.5. The van der Waals surface area contributed by atoms with E-state index < -0.39 is 47.8 Å². The van der Waals surface area contributed by atoms with Crippen LogP contribution in [0.1, 0.15) is 26.5 Å². The molecule has 0 unspecified atom stereocenters. The van der Waals surface area contributed by atoms with Gasteiger partial charge in [0.25, 0.3) is 0 Å². The van der Waals surface area contributed by atoms with Crippen LogP contribution in [0, 0.1) is 0 Å². The third-order valence-corrected chi connectivity index (χ3v) is 2.70. The largest absolute Gasteiger partial charge is 2.00 e. The Labute approximate surface area is 312 Å². The number of aliphatic carboxylic acids is 3. The second-order valence-electron chi connectivity index (χ2n) is 5.65. The van der Waals surface area contributed by atoms with Gasteiger partial charge < -0.3 is 44.7 Å². The first-order chi connectivity index (χ1) is 18.7. The molecule has 0 aliphatic heterocycles. The van der Waals surface area contributed by atoms with Crippen LogP contribution in [-0.4, -0.2) is 158 Å². The van der Waals surface area contributed by atoms with Crippen molar-refractivity contribution >= 4 is 109 Å². The summed E-state index contributed by atoms with van der Waals surface area (Å²) >= 11 is 0. The fourth-order valence-corrected chi connectivity index (χ4v) is 1.26. The fraction of sp³-hybridized carbons (Fsp3) is 0.333. The molecule has 234 valence electrons. The Morgan fingerprint density at radius 1 is 0.488 bits per heavy atom. The minimum atomic E-state index is -1.16. The first-order valence-corrected chi connectivity index (χ1v) is 10.8. The minimum absolute atomic E-state index is 0. The first kappa shape index (κ1) is 56.2.